The van der Waals surface area contributed by atoms with Gasteiger partial charge in [-0.05, 0) is 61.1 Å². The van der Waals surface area contributed by atoms with Crippen molar-refractivity contribution in [2.45, 2.75) is 25.7 Å². The van der Waals surface area contributed by atoms with E-state index in [0.717, 1.165) is 47.5 Å². The second-order valence-corrected chi connectivity index (χ2v) is 8.17. The first kappa shape index (κ1) is 20.0. The molecule has 1 N–H and O–H groups in total. The fraction of sp³-hybridized carbons (Fsp3) is 0.208. The van der Waals surface area contributed by atoms with E-state index in [1.807, 2.05) is 42.5 Å². The molecular weight excluding hydrogens is 396 g/mol. The number of ether oxygens (including phenoxy) is 1. The van der Waals surface area contributed by atoms with Crippen LogP contribution in [0.25, 0.3) is 0 Å². The molecule has 0 bridgehead atoms. The van der Waals surface area contributed by atoms with Crippen LogP contribution < -0.4 is 5.32 Å². The zero-order chi connectivity index (χ0) is 20.9. The van der Waals surface area contributed by atoms with Crippen LogP contribution in [-0.2, 0) is 17.6 Å². The van der Waals surface area contributed by atoms with Gasteiger partial charge in [0.05, 0.1) is 18.2 Å². The Bertz CT molecular complexity index is 1090. The maximum atomic E-state index is 13.1. The number of hydrogen-bond acceptors (Lipinski definition) is 5. The summed E-state index contributed by atoms with van der Waals surface area (Å²) in [5.41, 5.74) is 3.92. The number of thiophene rings is 1. The highest BCUT2D eigenvalue weighted by Gasteiger charge is 2.25. The van der Waals surface area contributed by atoms with Gasteiger partial charge in [-0.2, -0.15) is 0 Å². The largest absolute Gasteiger partial charge is 0.465 e. The fourth-order valence-electron chi connectivity index (χ4n) is 3.55. The average Bonchev–Trinajstić information content (AvgIpc) is 3.16. The van der Waals surface area contributed by atoms with Gasteiger partial charge in [-0.25, -0.2) is 9.79 Å². The molecular formula is C24H22N2O3S. The number of amides is 1. The van der Waals surface area contributed by atoms with Crippen molar-refractivity contribution in [1.82, 2.24) is 0 Å². The Kier molecular flexibility index (Phi) is 6.05. The van der Waals surface area contributed by atoms with Gasteiger partial charge in [0.25, 0.3) is 5.91 Å². The van der Waals surface area contributed by atoms with Crippen molar-refractivity contribution in [3.63, 3.8) is 0 Å². The third-order valence-corrected chi connectivity index (χ3v) is 6.27. The van der Waals surface area contributed by atoms with E-state index in [0.29, 0.717) is 11.1 Å². The van der Waals surface area contributed by atoms with Crippen molar-refractivity contribution in [2.24, 2.45) is 4.99 Å². The standard InChI is InChI=1S/C24H22N2O3S/c1-29-24(28)17-13-11-16(12-14-17)15-25-23-21(19-9-5-6-10-20(19)30-23)22(27)26-18-7-3-2-4-8-18/h2-4,7-8,11-15H,5-6,9-10H2,1H3,(H,26,27). The molecule has 0 saturated heterocycles. The zero-order valence-electron chi connectivity index (χ0n) is 16.7. The third kappa shape index (κ3) is 4.33. The number of esters is 1. The van der Waals surface area contributed by atoms with E-state index in [2.05, 4.69) is 10.3 Å². The van der Waals surface area contributed by atoms with Crippen LogP contribution in [0.2, 0.25) is 0 Å². The monoisotopic (exact) mass is 418 g/mol. The highest BCUT2D eigenvalue weighted by atomic mass is 32.1. The first-order chi connectivity index (χ1) is 14.7. The predicted octanol–water partition coefficient (Wildman–Crippen LogP) is 5.42. The summed E-state index contributed by atoms with van der Waals surface area (Å²) in [6.45, 7) is 0. The summed E-state index contributed by atoms with van der Waals surface area (Å²) in [4.78, 5) is 30.6. The lowest BCUT2D eigenvalue weighted by Gasteiger charge is -2.12. The Hall–Kier alpha value is -3.25. The Labute approximate surface area is 179 Å². The number of aryl methyl sites for hydroxylation is 1. The molecule has 1 aromatic heterocycles. The minimum absolute atomic E-state index is 0.117. The number of rotatable bonds is 5. The van der Waals surface area contributed by atoms with Gasteiger partial charge in [0.15, 0.2) is 0 Å². The van der Waals surface area contributed by atoms with Gasteiger partial charge in [-0.1, -0.05) is 30.3 Å². The molecule has 0 atom stereocenters. The molecule has 0 spiro atoms. The van der Waals surface area contributed by atoms with Gasteiger partial charge in [-0.15, -0.1) is 11.3 Å². The van der Waals surface area contributed by atoms with Gasteiger partial charge < -0.3 is 10.1 Å². The molecule has 1 aliphatic carbocycles. The Morgan fingerprint density at radius 1 is 1.03 bits per heavy atom. The molecule has 3 aromatic rings. The van der Waals surface area contributed by atoms with Gasteiger partial charge in [-0.3, -0.25) is 4.79 Å². The molecule has 2 aromatic carbocycles. The zero-order valence-corrected chi connectivity index (χ0v) is 17.5. The van der Waals surface area contributed by atoms with Crippen LogP contribution in [0.3, 0.4) is 0 Å². The van der Waals surface area contributed by atoms with Crippen molar-refractivity contribution in [2.75, 3.05) is 12.4 Å². The first-order valence-corrected chi connectivity index (χ1v) is 10.7. The number of carbonyl (C=O) groups excluding carboxylic acids is 2. The Morgan fingerprint density at radius 2 is 1.77 bits per heavy atom. The highest BCUT2D eigenvalue weighted by molar-refractivity contribution is 7.16. The molecule has 30 heavy (non-hydrogen) atoms. The maximum Gasteiger partial charge on any atom is 0.337 e. The van der Waals surface area contributed by atoms with Crippen molar-refractivity contribution in [1.29, 1.82) is 0 Å². The number of aliphatic imine (C=N–C) groups is 1. The van der Waals surface area contributed by atoms with E-state index >= 15 is 0 Å². The molecule has 6 heteroatoms. The predicted molar refractivity (Wildman–Crippen MR) is 120 cm³/mol. The molecule has 0 saturated carbocycles. The molecule has 5 nitrogen and oxygen atoms in total. The maximum absolute atomic E-state index is 13.1. The second kappa shape index (κ2) is 9.05. The molecule has 152 valence electrons. The van der Waals surface area contributed by atoms with Crippen LogP contribution in [0, 0.1) is 0 Å². The number of carbonyl (C=O) groups is 2. The van der Waals surface area contributed by atoms with E-state index in [-0.39, 0.29) is 11.9 Å². The molecule has 0 unspecified atom stereocenters. The lowest BCUT2D eigenvalue weighted by Crippen LogP contribution is -2.14. The minimum atomic E-state index is -0.371. The summed E-state index contributed by atoms with van der Waals surface area (Å²) >= 11 is 1.60. The summed E-state index contributed by atoms with van der Waals surface area (Å²) in [6, 6.07) is 16.5. The number of benzene rings is 2. The molecule has 4 rings (SSSR count). The molecule has 1 amide bonds. The van der Waals surface area contributed by atoms with Crippen LogP contribution in [0.5, 0.6) is 0 Å². The quantitative estimate of drug-likeness (QED) is 0.445. The molecule has 1 aliphatic rings. The SMILES string of the molecule is COC(=O)c1ccc(C=Nc2sc3c(c2C(=O)Nc2ccccc2)CCCC3)cc1. The molecule has 1 heterocycles. The smallest absolute Gasteiger partial charge is 0.337 e. The Balaban J connectivity index is 1.62. The van der Waals surface area contributed by atoms with E-state index in [1.54, 1.807) is 29.7 Å². The van der Waals surface area contributed by atoms with E-state index in [4.69, 9.17) is 4.74 Å². The average molecular weight is 419 g/mol. The van der Waals surface area contributed by atoms with Crippen molar-refractivity contribution >= 4 is 40.1 Å². The van der Waals surface area contributed by atoms with Gasteiger partial charge in [0.2, 0.25) is 0 Å². The lowest BCUT2D eigenvalue weighted by atomic mass is 9.95. The summed E-state index contributed by atoms with van der Waals surface area (Å²) in [5.74, 6) is -0.488. The fourth-order valence-corrected chi connectivity index (χ4v) is 4.78. The van der Waals surface area contributed by atoms with Gasteiger partial charge in [0.1, 0.15) is 5.00 Å². The van der Waals surface area contributed by atoms with Crippen LogP contribution >= 0.6 is 11.3 Å². The van der Waals surface area contributed by atoms with Crippen molar-refractivity contribution < 1.29 is 14.3 Å². The third-order valence-electron chi connectivity index (χ3n) is 5.07. The van der Waals surface area contributed by atoms with Crippen LogP contribution in [-0.4, -0.2) is 25.2 Å². The number of hydrogen-bond donors (Lipinski definition) is 1. The molecule has 0 aliphatic heterocycles. The van der Waals surface area contributed by atoms with Gasteiger partial charge in [0, 0.05) is 16.8 Å². The number of anilines is 1. The summed E-state index contributed by atoms with van der Waals surface area (Å²) in [6.07, 6.45) is 5.87. The number of para-hydroxylation sites is 1. The van der Waals surface area contributed by atoms with Crippen LogP contribution in [0.4, 0.5) is 10.7 Å². The van der Waals surface area contributed by atoms with Crippen molar-refractivity contribution in [3.8, 4) is 0 Å². The van der Waals surface area contributed by atoms with E-state index < -0.39 is 0 Å². The number of fused-ring (bicyclic) bond motifs is 1. The Morgan fingerprint density at radius 3 is 2.50 bits per heavy atom. The normalized spacial score (nSPS) is 13.1. The molecule has 0 fully saturated rings. The minimum Gasteiger partial charge on any atom is -0.465 e. The van der Waals surface area contributed by atoms with E-state index in [1.165, 1.54) is 12.0 Å². The summed E-state index contributed by atoms with van der Waals surface area (Å²) in [7, 11) is 1.36. The topological polar surface area (TPSA) is 67.8 Å². The highest BCUT2D eigenvalue weighted by Crippen LogP contribution is 2.40. The summed E-state index contributed by atoms with van der Waals surface area (Å²) < 4.78 is 4.73. The van der Waals surface area contributed by atoms with Crippen molar-refractivity contribution in [3.05, 3.63) is 81.7 Å². The van der Waals surface area contributed by atoms with E-state index in [9.17, 15) is 9.59 Å². The molecule has 0 radical (unpaired) electrons. The second-order valence-electron chi connectivity index (χ2n) is 7.08. The number of methoxy groups -OCH3 is 1. The van der Waals surface area contributed by atoms with Gasteiger partial charge >= 0.3 is 5.97 Å². The first-order valence-electron chi connectivity index (χ1n) is 9.89. The number of nitrogens with zero attached hydrogens (tertiary/aromatic N) is 1. The number of nitrogens with one attached hydrogen (secondary N) is 1. The lowest BCUT2D eigenvalue weighted by molar-refractivity contribution is 0.0600. The summed E-state index contributed by atoms with van der Waals surface area (Å²) in [5, 5.41) is 3.73. The van der Waals surface area contributed by atoms with Crippen LogP contribution in [0.15, 0.2) is 59.6 Å². The van der Waals surface area contributed by atoms with Crippen LogP contribution in [0.1, 0.15) is 49.6 Å².